The molecule has 0 rings (SSSR count). The molecule has 0 N–H and O–H groups in total. The van der Waals surface area contributed by atoms with Crippen molar-refractivity contribution in [2.45, 2.75) is 26.2 Å². The lowest BCUT2D eigenvalue weighted by Gasteiger charge is -2.13. The van der Waals surface area contributed by atoms with Crippen LogP contribution in [0.3, 0.4) is 0 Å². The maximum atomic E-state index is 10.3. The Morgan fingerprint density at radius 2 is 1.40 bits per heavy atom. The molecule has 0 aliphatic carbocycles. The fraction of sp³-hybridized carbons (Fsp3) is 1.00. The van der Waals surface area contributed by atoms with Gasteiger partial charge < -0.3 is 9.11 Å². The lowest BCUT2D eigenvalue weighted by molar-refractivity contribution is 0.437. The van der Waals surface area contributed by atoms with Gasteiger partial charge in [-0.3, -0.25) is 0 Å². The van der Waals surface area contributed by atoms with Gasteiger partial charge in [-0.1, -0.05) is 6.92 Å². The van der Waals surface area contributed by atoms with Gasteiger partial charge in [-0.15, -0.1) is 0 Å². The summed E-state index contributed by atoms with van der Waals surface area (Å²) in [7, 11) is -8.40. The second kappa shape index (κ2) is 5.78. The number of hydrogen-bond donors (Lipinski definition) is 0. The van der Waals surface area contributed by atoms with Crippen LogP contribution in [0.15, 0.2) is 0 Å². The summed E-state index contributed by atoms with van der Waals surface area (Å²) >= 11 is 0. The summed E-state index contributed by atoms with van der Waals surface area (Å²) < 4.78 is 61.5. The van der Waals surface area contributed by atoms with Crippen LogP contribution in [0.4, 0.5) is 0 Å². The third-order valence-electron chi connectivity index (χ3n) is 1.95. The summed E-state index contributed by atoms with van der Waals surface area (Å²) in [6.45, 7) is 1.71. The quantitative estimate of drug-likeness (QED) is 0.588. The second-order valence-corrected chi connectivity index (χ2v) is 6.61. The van der Waals surface area contributed by atoms with Gasteiger partial charge in [0.05, 0.1) is 20.2 Å². The highest BCUT2D eigenvalue weighted by molar-refractivity contribution is 7.85. The van der Waals surface area contributed by atoms with Crippen LogP contribution in [0, 0.1) is 5.92 Å². The molecule has 6 nitrogen and oxygen atoms in total. The molecule has 0 aliphatic heterocycles. The standard InChI is InChI=1S/C7H16O6S2/c1-7(4-6-15(11,12)13)3-2-5-14(8,9)10/h7H,2-6H2,1H3,(H,8,9,10)(H,11,12,13)/p-2/t7-/m1/s1. The van der Waals surface area contributed by atoms with Gasteiger partial charge in [0.15, 0.2) is 0 Å². The Labute approximate surface area is 90.2 Å². The normalized spacial score (nSPS) is 15.1. The maximum Gasteiger partial charge on any atom is 0.0946 e. The van der Waals surface area contributed by atoms with Crippen molar-refractivity contribution in [3.8, 4) is 0 Å². The van der Waals surface area contributed by atoms with Gasteiger partial charge in [-0.2, -0.15) is 0 Å². The van der Waals surface area contributed by atoms with E-state index in [4.69, 9.17) is 0 Å². The van der Waals surface area contributed by atoms with Crippen molar-refractivity contribution in [2.24, 2.45) is 5.92 Å². The molecule has 0 saturated heterocycles. The largest absolute Gasteiger partial charge is 0.748 e. The molecule has 0 amide bonds. The highest BCUT2D eigenvalue weighted by Crippen LogP contribution is 2.11. The van der Waals surface area contributed by atoms with Crippen LogP contribution in [0.5, 0.6) is 0 Å². The van der Waals surface area contributed by atoms with Crippen molar-refractivity contribution in [1.82, 2.24) is 0 Å². The fourth-order valence-electron chi connectivity index (χ4n) is 1.10. The van der Waals surface area contributed by atoms with E-state index < -0.39 is 31.7 Å². The summed E-state index contributed by atoms with van der Waals surface area (Å²) in [5.74, 6) is -0.963. The molecule has 0 aromatic heterocycles. The van der Waals surface area contributed by atoms with Crippen LogP contribution in [0.2, 0.25) is 0 Å². The summed E-state index contributed by atoms with van der Waals surface area (Å²) in [6, 6.07) is 0. The van der Waals surface area contributed by atoms with Gasteiger partial charge in [0, 0.05) is 11.5 Å². The number of hydrogen-bond acceptors (Lipinski definition) is 6. The Morgan fingerprint density at radius 1 is 0.933 bits per heavy atom. The smallest absolute Gasteiger partial charge is 0.0946 e. The van der Waals surface area contributed by atoms with Crippen molar-refractivity contribution in [2.75, 3.05) is 11.5 Å². The average Bonchev–Trinajstić information content (AvgIpc) is 1.97. The first-order chi connectivity index (χ1) is 6.60. The average molecular weight is 258 g/mol. The van der Waals surface area contributed by atoms with Gasteiger partial charge in [0.25, 0.3) is 0 Å². The van der Waals surface area contributed by atoms with E-state index in [9.17, 15) is 25.9 Å². The summed E-state index contributed by atoms with van der Waals surface area (Å²) in [4.78, 5) is 0. The van der Waals surface area contributed by atoms with Gasteiger partial charge in [-0.25, -0.2) is 16.8 Å². The summed E-state index contributed by atoms with van der Waals surface area (Å²) in [6.07, 6.45) is 0.827. The predicted octanol–water partition coefficient (Wildman–Crippen LogP) is -0.117. The van der Waals surface area contributed by atoms with Crippen LogP contribution in [0.25, 0.3) is 0 Å². The van der Waals surface area contributed by atoms with E-state index in [1.165, 1.54) is 0 Å². The van der Waals surface area contributed by atoms with Crippen molar-refractivity contribution in [1.29, 1.82) is 0 Å². The van der Waals surface area contributed by atoms with Crippen LogP contribution in [-0.4, -0.2) is 37.4 Å². The van der Waals surface area contributed by atoms with E-state index in [1.54, 1.807) is 6.92 Å². The minimum Gasteiger partial charge on any atom is -0.748 e. The maximum absolute atomic E-state index is 10.3. The van der Waals surface area contributed by atoms with Crippen LogP contribution >= 0.6 is 0 Å². The molecule has 15 heavy (non-hydrogen) atoms. The molecule has 0 spiro atoms. The molecule has 0 aliphatic rings. The van der Waals surface area contributed by atoms with Crippen LogP contribution in [0.1, 0.15) is 26.2 Å². The molecule has 1 atom stereocenters. The Kier molecular flexibility index (Phi) is 5.71. The monoisotopic (exact) mass is 258 g/mol. The molecule has 0 saturated carbocycles. The molecule has 0 unspecified atom stereocenters. The molecule has 0 fully saturated rings. The highest BCUT2D eigenvalue weighted by Gasteiger charge is 2.05. The van der Waals surface area contributed by atoms with Crippen LogP contribution in [-0.2, 0) is 20.2 Å². The lowest BCUT2D eigenvalue weighted by atomic mass is 10.0. The first kappa shape index (κ1) is 14.8. The van der Waals surface area contributed by atoms with Gasteiger partial charge >= 0.3 is 0 Å². The van der Waals surface area contributed by atoms with E-state index >= 15 is 0 Å². The van der Waals surface area contributed by atoms with Gasteiger partial charge in [-0.05, 0) is 25.2 Å². The summed E-state index contributed by atoms with van der Waals surface area (Å²) in [5, 5.41) is 0. The van der Waals surface area contributed by atoms with E-state index in [0.29, 0.717) is 6.42 Å². The summed E-state index contributed by atoms with van der Waals surface area (Å²) in [5.41, 5.74) is 0. The second-order valence-electron chi connectivity index (χ2n) is 3.56. The number of rotatable bonds is 7. The fourth-order valence-corrected chi connectivity index (χ4v) is 2.31. The molecular weight excluding hydrogens is 244 g/mol. The first-order valence-electron chi connectivity index (χ1n) is 4.47. The van der Waals surface area contributed by atoms with Crippen molar-refractivity contribution >= 4 is 20.2 Å². The SMILES string of the molecule is C[C@H](CCCS(=O)(=O)[O-])CCS(=O)(=O)[O-]. The zero-order valence-electron chi connectivity index (χ0n) is 8.38. The Morgan fingerprint density at radius 3 is 1.80 bits per heavy atom. The van der Waals surface area contributed by atoms with E-state index in [0.717, 1.165) is 0 Å². The molecule has 92 valence electrons. The van der Waals surface area contributed by atoms with E-state index in [2.05, 4.69) is 0 Å². The molecule has 0 aromatic rings. The van der Waals surface area contributed by atoms with Gasteiger partial charge in [0.2, 0.25) is 0 Å². The third-order valence-corrected chi connectivity index (χ3v) is 3.48. The van der Waals surface area contributed by atoms with E-state index in [-0.39, 0.29) is 18.8 Å². The molecule has 0 heterocycles. The molecular formula is C7H14O6S2-2. The highest BCUT2D eigenvalue weighted by atomic mass is 32.2. The molecule has 0 bridgehead atoms. The Balaban J connectivity index is 3.72. The van der Waals surface area contributed by atoms with Gasteiger partial charge in [0.1, 0.15) is 0 Å². The topological polar surface area (TPSA) is 114 Å². The van der Waals surface area contributed by atoms with Crippen molar-refractivity contribution in [3.63, 3.8) is 0 Å². The Bertz CT molecular complexity index is 368. The Hall–Kier alpha value is -0.180. The third kappa shape index (κ3) is 11.7. The minimum absolute atomic E-state index is 0.0736. The van der Waals surface area contributed by atoms with Crippen LogP contribution < -0.4 is 0 Å². The molecule has 8 heteroatoms. The minimum atomic E-state index is -4.20. The van der Waals surface area contributed by atoms with Crippen molar-refractivity contribution in [3.05, 3.63) is 0 Å². The lowest BCUT2D eigenvalue weighted by Crippen LogP contribution is -2.10. The predicted molar refractivity (Wildman–Crippen MR) is 52.1 cm³/mol. The molecule has 0 aromatic carbocycles. The van der Waals surface area contributed by atoms with E-state index in [1.807, 2.05) is 0 Å². The zero-order chi connectivity index (χ0) is 12.1. The molecule has 0 radical (unpaired) electrons. The zero-order valence-corrected chi connectivity index (χ0v) is 10.0. The van der Waals surface area contributed by atoms with Crippen molar-refractivity contribution < 1.29 is 25.9 Å². The first-order valence-corrected chi connectivity index (χ1v) is 7.63.